The van der Waals surface area contributed by atoms with Crippen LogP contribution in [0.3, 0.4) is 0 Å². The lowest BCUT2D eigenvalue weighted by Gasteiger charge is -2.31. The Hall–Kier alpha value is -2.62. The van der Waals surface area contributed by atoms with Crippen LogP contribution in [0, 0.1) is 6.92 Å². The lowest BCUT2D eigenvalue weighted by Crippen LogP contribution is -2.51. The van der Waals surface area contributed by atoms with E-state index in [1.54, 1.807) is 12.1 Å². The largest absolute Gasteiger partial charge is 0.341 e. The maximum absolute atomic E-state index is 13.0. The molecule has 0 unspecified atom stereocenters. The van der Waals surface area contributed by atoms with Gasteiger partial charge in [-0.1, -0.05) is 48.0 Å². The fourth-order valence-corrected chi connectivity index (χ4v) is 3.33. The van der Waals surface area contributed by atoms with Gasteiger partial charge >= 0.3 is 0 Å². The average molecular weight is 350 g/mol. The van der Waals surface area contributed by atoms with E-state index in [9.17, 15) is 9.59 Å². The number of rotatable bonds is 5. The minimum Gasteiger partial charge on any atom is -0.341 e. The first-order valence-electron chi connectivity index (χ1n) is 9.34. The van der Waals surface area contributed by atoms with Gasteiger partial charge in [0.2, 0.25) is 5.91 Å². The molecule has 136 valence electrons. The Morgan fingerprint density at radius 3 is 2.27 bits per heavy atom. The zero-order valence-electron chi connectivity index (χ0n) is 15.3. The quantitative estimate of drug-likeness (QED) is 0.899. The molecule has 1 aliphatic rings. The molecule has 0 bridgehead atoms. The molecule has 4 heteroatoms. The van der Waals surface area contributed by atoms with Gasteiger partial charge in [-0.2, -0.15) is 0 Å². The smallest absolute Gasteiger partial charge is 0.251 e. The molecular weight excluding hydrogens is 324 g/mol. The first-order chi connectivity index (χ1) is 12.6. The summed E-state index contributed by atoms with van der Waals surface area (Å²) in [6.07, 6.45) is 3.75. The van der Waals surface area contributed by atoms with E-state index in [2.05, 4.69) is 5.32 Å². The van der Waals surface area contributed by atoms with Gasteiger partial charge in [0.05, 0.1) is 0 Å². The molecule has 1 N–H and O–H groups in total. The van der Waals surface area contributed by atoms with Crippen molar-refractivity contribution in [3.63, 3.8) is 0 Å². The van der Waals surface area contributed by atoms with Gasteiger partial charge in [-0.3, -0.25) is 9.59 Å². The highest BCUT2D eigenvalue weighted by atomic mass is 16.2. The van der Waals surface area contributed by atoms with E-state index in [0.29, 0.717) is 12.0 Å². The topological polar surface area (TPSA) is 49.4 Å². The maximum Gasteiger partial charge on any atom is 0.251 e. The van der Waals surface area contributed by atoms with Gasteiger partial charge in [-0.25, -0.2) is 0 Å². The molecule has 2 aromatic carbocycles. The summed E-state index contributed by atoms with van der Waals surface area (Å²) in [7, 11) is 0. The van der Waals surface area contributed by atoms with Crippen LogP contribution in [-0.4, -0.2) is 35.8 Å². The van der Waals surface area contributed by atoms with Crippen LogP contribution < -0.4 is 5.32 Å². The fourth-order valence-electron chi connectivity index (χ4n) is 3.33. The summed E-state index contributed by atoms with van der Waals surface area (Å²) >= 11 is 0. The highest BCUT2D eigenvalue weighted by Crippen LogP contribution is 2.13. The number of hydrogen-bond acceptors (Lipinski definition) is 2. The van der Waals surface area contributed by atoms with Crippen molar-refractivity contribution in [3.05, 3.63) is 71.3 Å². The molecule has 0 aliphatic carbocycles. The minimum atomic E-state index is -0.538. The molecule has 0 radical (unpaired) electrons. The highest BCUT2D eigenvalue weighted by molar-refractivity contribution is 5.97. The van der Waals surface area contributed by atoms with E-state index >= 15 is 0 Å². The summed E-state index contributed by atoms with van der Waals surface area (Å²) in [6.45, 7) is 3.55. The van der Waals surface area contributed by atoms with Crippen molar-refractivity contribution in [3.8, 4) is 0 Å². The van der Waals surface area contributed by atoms with Crippen molar-refractivity contribution in [2.75, 3.05) is 13.1 Å². The number of hydrogen-bond donors (Lipinski definition) is 1. The van der Waals surface area contributed by atoms with Gasteiger partial charge in [-0.05, 0) is 43.9 Å². The van der Waals surface area contributed by atoms with Crippen LogP contribution in [0.5, 0.6) is 0 Å². The van der Waals surface area contributed by atoms with Gasteiger partial charge in [0, 0.05) is 25.1 Å². The Labute approximate surface area is 155 Å². The summed E-state index contributed by atoms with van der Waals surface area (Å²) in [6, 6.07) is 16.7. The second kappa shape index (κ2) is 8.65. The van der Waals surface area contributed by atoms with E-state index in [4.69, 9.17) is 0 Å². The first kappa shape index (κ1) is 18.2. The number of likely N-dealkylation sites (tertiary alicyclic amines) is 1. The van der Waals surface area contributed by atoms with Crippen molar-refractivity contribution in [1.82, 2.24) is 10.2 Å². The SMILES string of the molecule is Cc1ccc(C(=O)N[C@@H](Cc2ccccc2)C(=O)N2CCCCC2)cc1. The molecule has 1 heterocycles. The van der Waals surface area contributed by atoms with Crippen LogP contribution in [0.15, 0.2) is 54.6 Å². The molecule has 1 atom stereocenters. The number of carbonyl (C=O) groups excluding carboxylic acids is 2. The molecule has 4 nitrogen and oxygen atoms in total. The third kappa shape index (κ3) is 4.72. The van der Waals surface area contributed by atoms with E-state index in [1.807, 2.05) is 54.3 Å². The van der Waals surface area contributed by atoms with E-state index in [0.717, 1.165) is 37.1 Å². The maximum atomic E-state index is 13.0. The predicted molar refractivity (Wildman–Crippen MR) is 103 cm³/mol. The zero-order valence-corrected chi connectivity index (χ0v) is 15.3. The van der Waals surface area contributed by atoms with Gasteiger partial charge in [0.25, 0.3) is 5.91 Å². The van der Waals surface area contributed by atoms with E-state index in [-0.39, 0.29) is 11.8 Å². The third-order valence-electron chi connectivity index (χ3n) is 4.87. The Bertz CT molecular complexity index is 734. The number of benzene rings is 2. The summed E-state index contributed by atoms with van der Waals surface area (Å²) < 4.78 is 0. The first-order valence-corrected chi connectivity index (χ1v) is 9.34. The normalized spacial score (nSPS) is 15.3. The molecule has 0 spiro atoms. The summed E-state index contributed by atoms with van der Waals surface area (Å²) in [5, 5.41) is 2.97. The molecule has 1 aliphatic heterocycles. The van der Waals surface area contributed by atoms with Crippen LogP contribution in [0.25, 0.3) is 0 Å². The lowest BCUT2D eigenvalue weighted by atomic mass is 10.0. The molecule has 26 heavy (non-hydrogen) atoms. The Kier molecular flexibility index (Phi) is 6.05. The summed E-state index contributed by atoms with van der Waals surface area (Å²) in [5.41, 5.74) is 2.74. The van der Waals surface area contributed by atoms with Crippen LogP contribution >= 0.6 is 0 Å². The van der Waals surface area contributed by atoms with Crippen molar-refractivity contribution >= 4 is 11.8 Å². The third-order valence-corrected chi connectivity index (χ3v) is 4.87. The van der Waals surface area contributed by atoms with Crippen LogP contribution in [0.4, 0.5) is 0 Å². The molecule has 0 aromatic heterocycles. The monoisotopic (exact) mass is 350 g/mol. The molecule has 2 amide bonds. The number of carbonyl (C=O) groups is 2. The number of nitrogens with one attached hydrogen (secondary N) is 1. The predicted octanol–water partition coefficient (Wildman–Crippen LogP) is 3.35. The molecular formula is C22H26N2O2. The summed E-state index contributed by atoms with van der Waals surface area (Å²) in [5.74, 6) is -0.176. The van der Waals surface area contributed by atoms with Gasteiger partial charge < -0.3 is 10.2 Å². The van der Waals surface area contributed by atoms with Crippen LogP contribution in [0.2, 0.25) is 0 Å². The molecule has 1 saturated heterocycles. The van der Waals surface area contributed by atoms with Crippen molar-refractivity contribution < 1.29 is 9.59 Å². The second-order valence-electron chi connectivity index (χ2n) is 6.97. The van der Waals surface area contributed by atoms with E-state index in [1.165, 1.54) is 6.42 Å². The fraction of sp³-hybridized carbons (Fsp3) is 0.364. The van der Waals surface area contributed by atoms with Gasteiger partial charge in [-0.15, -0.1) is 0 Å². The number of nitrogens with zero attached hydrogens (tertiary/aromatic N) is 1. The molecule has 3 rings (SSSR count). The zero-order chi connectivity index (χ0) is 18.4. The van der Waals surface area contributed by atoms with Gasteiger partial charge in [0.15, 0.2) is 0 Å². The van der Waals surface area contributed by atoms with Crippen LogP contribution in [0.1, 0.15) is 40.7 Å². The van der Waals surface area contributed by atoms with E-state index < -0.39 is 6.04 Å². The van der Waals surface area contributed by atoms with Crippen molar-refractivity contribution in [2.45, 2.75) is 38.6 Å². The second-order valence-corrected chi connectivity index (χ2v) is 6.97. The number of aryl methyl sites for hydroxylation is 1. The Morgan fingerprint density at radius 2 is 1.62 bits per heavy atom. The number of amides is 2. The Morgan fingerprint density at radius 1 is 0.962 bits per heavy atom. The van der Waals surface area contributed by atoms with Gasteiger partial charge in [0.1, 0.15) is 6.04 Å². The molecule has 2 aromatic rings. The minimum absolute atomic E-state index is 0.0222. The standard InChI is InChI=1S/C22H26N2O2/c1-17-10-12-19(13-11-17)21(25)23-20(16-18-8-4-2-5-9-18)22(26)24-14-6-3-7-15-24/h2,4-5,8-13,20H,3,6-7,14-16H2,1H3,(H,23,25)/t20-/m0/s1. The van der Waals surface area contributed by atoms with Crippen molar-refractivity contribution in [1.29, 1.82) is 0 Å². The van der Waals surface area contributed by atoms with Crippen molar-refractivity contribution in [2.24, 2.45) is 0 Å². The Balaban J connectivity index is 1.76. The average Bonchev–Trinajstić information content (AvgIpc) is 2.69. The number of piperidine rings is 1. The van der Waals surface area contributed by atoms with Crippen LogP contribution in [-0.2, 0) is 11.2 Å². The molecule has 0 saturated carbocycles. The highest BCUT2D eigenvalue weighted by Gasteiger charge is 2.27. The summed E-state index contributed by atoms with van der Waals surface area (Å²) in [4.78, 5) is 27.6. The molecule has 1 fully saturated rings. The lowest BCUT2D eigenvalue weighted by molar-refractivity contribution is -0.134.